The maximum atomic E-state index is 14.9. The predicted octanol–water partition coefficient (Wildman–Crippen LogP) is 9.10. The summed E-state index contributed by atoms with van der Waals surface area (Å²) in [5.41, 5.74) is 0.924. The maximum absolute atomic E-state index is 14.9. The van der Waals surface area contributed by atoms with Gasteiger partial charge in [0.2, 0.25) is 0 Å². The molecule has 3 nitrogen and oxygen atoms in total. The zero-order chi connectivity index (χ0) is 31.5. The van der Waals surface area contributed by atoms with Gasteiger partial charge in [-0.15, -0.1) is 0 Å². The fraction of sp³-hybridized carbons (Fsp3) is 0.486. The average Bonchev–Trinajstić information content (AvgIpc) is 3.25. The summed E-state index contributed by atoms with van der Waals surface area (Å²) in [4.78, 5) is 10.9. The molecule has 3 atom stereocenters. The first-order valence-electron chi connectivity index (χ1n) is 15.8. The molecule has 3 rings (SSSR count). The third-order valence-electron chi connectivity index (χ3n) is 8.62. The van der Waals surface area contributed by atoms with Crippen molar-refractivity contribution in [2.24, 2.45) is 11.8 Å². The van der Waals surface area contributed by atoms with Gasteiger partial charge in [-0.1, -0.05) is 132 Å². The molecule has 2 aromatic carbocycles. The molecule has 0 saturated heterocycles. The molecule has 1 N–H and O–H groups in total. The van der Waals surface area contributed by atoms with Crippen LogP contribution in [0.1, 0.15) is 85.5 Å². The number of unbranched alkanes of at least 4 members (excludes halogenated alkanes) is 3. The smallest absolute Gasteiger partial charge is 0.303 e. The summed E-state index contributed by atoms with van der Waals surface area (Å²) in [6.07, 6.45) is 11.3. The summed E-state index contributed by atoms with van der Waals surface area (Å²) in [6.45, 7) is 13.1. The van der Waals surface area contributed by atoms with Gasteiger partial charge in [-0.25, -0.2) is 8.78 Å². The molecule has 0 aliphatic heterocycles. The fourth-order valence-electron chi connectivity index (χ4n) is 6.39. The SMILES string of the molecule is C=C1C[C@H](O[Si](c2ccccc2)(c2ccccc2)C(C)(C)C)[C@H](C/C=C\CCCC(=O)O)[C@H]1/C=C/C(F)(F)CCCCC. The van der Waals surface area contributed by atoms with Crippen LogP contribution in [0.4, 0.5) is 8.78 Å². The van der Waals surface area contributed by atoms with Crippen LogP contribution < -0.4 is 10.4 Å². The predicted molar refractivity (Wildman–Crippen MR) is 177 cm³/mol. The molecule has 0 bridgehead atoms. The lowest BCUT2D eigenvalue weighted by Crippen LogP contribution is -2.68. The number of benzene rings is 2. The van der Waals surface area contributed by atoms with Gasteiger partial charge < -0.3 is 9.53 Å². The third kappa shape index (κ3) is 9.33. The van der Waals surface area contributed by atoms with Crippen molar-refractivity contribution in [2.75, 3.05) is 0 Å². The van der Waals surface area contributed by atoms with Crippen molar-refractivity contribution in [3.63, 3.8) is 0 Å². The van der Waals surface area contributed by atoms with Gasteiger partial charge in [0.15, 0.2) is 0 Å². The Morgan fingerprint density at radius 3 is 2.14 bits per heavy atom. The van der Waals surface area contributed by atoms with Crippen molar-refractivity contribution in [3.05, 3.63) is 97.1 Å². The highest BCUT2D eigenvalue weighted by atomic mass is 28.4. The Labute approximate surface area is 258 Å². The second-order valence-corrected chi connectivity index (χ2v) is 17.2. The van der Waals surface area contributed by atoms with Gasteiger partial charge in [0.05, 0.1) is 6.10 Å². The number of carboxylic acids is 1. The number of rotatable bonds is 16. The lowest BCUT2D eigenvalue weighted by atomic mass is 9.89. The van der Waals surface area contributed by atoms with Gasteiger partial charge in [-0.2, -0.15) is 0 Å². The number of hydrogen-bond acceptors (Lipinski definition) is 2. The molecule has 0 aromatic heterocycles. The van der Waals surface area contributed by atoms with Crippen LogP contribution in [0.25, 0.3) is 0 Å². The summed E-state index contributed by atoms with van der Waals surface area (Å²) in [6, 6.07) is 21.0. The molecule has 1 saturated carbocycles. The van der Waals surface area contributed by atoms with Crippen LogP contribution in [0.3, 0.4) is 0 Å². The molecule has 43 heavy (non-hydrogen) atoms. The molecule has 0 heterocycles. The molecule has 234 valence electrons. The van der Waals surface area contributed by atoms with Gasteiger partial charge in [-0.05, 0) is 59.5 Å². The zero-order valence-corrected chi connectivity index (χ0v) is 27.4. The first kappa shape index (κ1) is 34.7. The Kier molecular flexibility index (Phi) is 12.7. The van der Waals surface area contributed by atoms with E-state index in [1.54, 1.807) is 6.08 Å². The van der Waals surface area contributed by atoms with Gasteiger partial charge in [0.25, 0.3) is 14.2 Å². The van der Waals surface area contributed by atoms with E-state index in [0.29, 0.717) is 32.1 Å². The van der Waals surface area contributed by atoms with Crippen molar-refractivity contribution in [2.45, 2.75) is 103 Å². The van der Waals surface area contributed by atoms with Gasteiger partial charge in [0, 0.05) is 18.8 Å². The van der Waals surface area contributed by atoms with Crippen LogP contribution in [0.15, 0.2) is 97.1 Å². The van der Waals surface area contributed by atoms with E-state index in [1.165, 1.54) is 10.4 Å². The maximum Gasteiger partial charge on any atom is 0.303 e. The van der Waals surface area contributed by atoms with Crippen molar-refractivity contribution in [3.8, 4) is 0 Å². The molecule has 1 aliphatic carbocycles. The number of alkyl halides is 2. The van der Waals surface area contributed by atoms with E-state index in [1.807, 2.05) is 25.1 Å². The second kappa shape index (κ2) is 15.8. The minimum Gasteiger partial charge on any atom is -0.481 e. The Morgan fingerprint density at radius 1 is 1.00 bits per heavy atom. The van der Waals surface area contributed by atoms with Crippen LogP contribution in [-0.2, 0) is 9.22 Å². The third-order valence-corrected chi connectivity index (χ3v) is 13.7. The summed E-state index contributed by atoms with van der Waals surface area (Å²) in [5, 5.41) is 11.1. The van der Waals surface area contributed by atoms with Crippen molar-refractivity contribution in [1.82, 2.24) is 0 Å². The molecule has 2 aromatic rings. The quantitative estimate of drug-likeness (QED) is 0.117. The average molecular weight is 609 g/mol. The van der Waals surface area contributed by atoms with Crippen molar-refractivity contribution < 1.29 is 23.1 Å². The largest absolute Gasteiger partial charge is 0.481 e. The molecule has 0 spiro atoms. The summed E-state index contributed by atoms with van der Waals surface area (Å²) < 4.78 is 37.3. The molecule has 1 fully saturated rings. The molecule has 0 amide bonds. The normalized spacial score (nSPS) is 20.0. The monoisotopic (exact) mass is 608 g/mol. The second-order valence-electron chi connectivity index (χ2n) is 12.9. The minimum atomic E-state index is -2.87. The van der Waals surface area contributed by atoms with Gasteiger partial charge in [-0.3, -0.25) is 4.79 Å². The summed E-state index contributed by atoms with van der Waals surface area (Å²) >= 11 is 0. The molecule has 0 radical (unpaired) electrons. The number of hydrogen-bond donors (Lipinski definition) is 1. The summed E-state index contributed by atoms with van der Waals surface area (Å²) in [7, 11) is -2.87. The van der Waals surface area contributed by atoms with Crippen LogP contribution in [0, 0.1) is 11.8 Å². The van der Waals surface area contributed by atoms with Gasteiger partial charge in [0.1, 0.15) is 0 Å². The molecular formula is C37H50F2O3Si. The topological polar surface area (TPSA) is 46.5 Å². The first-order valence-corrected chi connectivity index (χ1v) is 17.7. The Balaban J connectivity index is 2.01. The van der Waals surface area contributed by atoms with Crippen LogP contribution in [-0.4, -0.2) is 31.4 Å². The lowest BCUT2D eigenvalue weighted by Gasteiger charge is -2.45. The number of halogens is 2. The van der Waals surface area contributed by atoms with E-state index < -0.39 is 20.2 Å². The van der Waals surface area contributed by atoms with Crippen LogP contribution in [0.5, 0.6) is 0 Å². The number of allylic oxidation sites excluding steroid dienone is 4. The fourth-order valence-corrected chi connectivity index (χ4v) is 11.1. The number of carboxylic acid groups (broad SMARTS) is 1. The highest BCUT2D eigenvalue weighted by Crippen LogP contribution is 2.46. The van der Waals surface area contributed by atoms with E-state index in [-0.39, 0.29) is 35.8 Å². The van der Waals surface area contributed by atoms with Crippen molar-refractivity contribution in [1.29, 1.82) is 0 Å². The Hall–Kier alpha value is -2.83. The highest BCUT2D eigenvalue weighted by Gasteiger charge is 2.53. The minimum absolute atomic E-state index is 0.0624. The molecule has 0 unspecified atom stereocenters. The van der Waals surface area contributed by atoms with Crippen LogP contribution in [0.2, 0.25) is 5.04 Å². The molecule has 6 heteroatoms. The lowest BCUT2D eigenvalue weighted by molar-refractivity contribution is -0.137. The van der Waals surface area contributed by atoms with E-state index >= 15 is 0 Å². The summed E-state index contributed by atoms with van der Waals surface area (Å²) in [5.74, 6) is -3.95. The van der Waals surface area contributed by atoms with E-state index in [4.69, 9.17) is 9.53 Å². The van der Waals surface area contributed by atoms with Crippen LogP contribution >= 0.6 is 0 Å². The standard InChI is InChI=1S/C37H50F2O3Si/c1-6-7-18-26-37(38,39)27-25-32-29(2)28-34(33(32)23-16-8-9-17-24-35(40)41)42-43(36(3,4)5,30-19-12-10-13-20-30)31-21-14-11-15-22-31/h8,10-16,19-22,25,27,32-34H,2,6-7,9,17-18,23-24,26,28H2,1,3-5H3,(H,40,41)/b16-8-,27-25+/t32-,33+,34-/m0/s1. The van der Waals surface area contributed by atoms with E-state index in [9.17, 15) is 13.6 Å². The Morgan fingerprint density at radius 2 is 1.60 bits per heavy atom. The zero-order valence-electron chi connectivity index (χ0n) is 26.4. The van der Waals surface area contributed by atoms with Crippen molar-refractivity contribution >= 4 is 24.7 Å². The Bertz CT molecular complexity index is 1180. The van der Waals surface area contributed by atoms with E-state index in [0.717, 1.165) is 24.5 Å². The molecular weight excluding hydrogens is 558 g/mol. The number of carbonyl (C=O) groups is 1. The van der Waals surface area contributed by atoms with E-state index in [2.05, 4.69) is 82.0 Å². The first-order chi connectivity index (χ1) is 20.4. The molecule has 1 aliphatic rings. The number of aliphatic carboxylic acids is 1. The van der Waals surface area contributed by atoms with Gasteiger partial charge >= 0.3 is 5.97 Å². The highest BCUT2D eigenvalue weighted by molar-refractivity contribution is 6.99.